The van der Waals surface area contributed by atoms with Gasteiger partial charge < -0.3 is 0 Å². The molecule has 0 spiro atoms. The SMILES string of the molecule is CCCCCCCC/C=C(/CCCCCCBr)CCCCCCCC. The molecule has 0 aromatic carbocycles. The van der Waals surface area contributed by atoms with Crippen LogP contribution in [-0.2, 0) is 0 Å². The number of rotatable bonds is 20. The normalized spacial score (nSPS) is 12.0. The van der Waals surface area contributed by atoms with Gasteiger partial charge >= 0.3 is 0 Å². The van der Waals surface area contributed by atoms with E-state index in [1.807, 2.05) is 0 Å². The lowest BCUT2D eigenvalue weighted by Crippen LogP contribution is -1.89. The average molecular weight is 416 g/mol. The van der Waals surface area contributed by atoms with Crippen LogP contribution >= 0.6 is 15.9 Å². The second-order valence-corrected chi connectivity index (χ2v) is 8.58. The highest BCUT2D eigenvalue weighted by atomic mass is 79.9. The highest BCUT2D eigenvalue weighted by Crippen LogP contribution is 2.20. The Labute approximate surface area is 168 Å². The summed E-state index contributed by atoms with van der Waals surface area (Å²) in [5, 5.41) is 1.17. The van der Waals surface area contributed by atoms with E-state index >= 15 is 0 Å². The van der Waals surface area contributed by atoms with Crippen LogP contribution in [0.2, 0.25) is 0 Å². The van der Waals surface area contributed by atoms with Crippen molar-refractivity contribution in [3.63, 3.8) is 0 Å². The Morgan fingerprint density at radius 3 is 1.52 bits per heavy atom. The third-order valence-corrected chi connectivity index (χ3v) is 5.78. The summed E-state index contributed by atoms with van der Waals surface area (Å²) in [7, 11) is 0. The summed E-state index contributed by atoms with van der Waals surface area (Å²) in [5.74, 6) is 0. The minimum Gasteiger partial charge on any atom is -0.0928 e. The summed E-state index contributed by atoms with van der Waals surface area (Å²) in [5.41, 5.74) is 1.78. The standard InChI is InChI=1S/C24H47Br/c1-3-5-7-9-11-13-17-21-24(22-18-14-15-19-23-25)20-16-12-10-8-6-4-2/h21H,3-20,22-23H2,1-2H3/b24-21+. The van der Waals surface area contributed by atoms with Gasteiger partial charge in [-0.05, 0) is 44.9 Å². The Bertz CT molecular complexity index is 269. The minimum atomic E-state index is 1.17. The molecular weight excluding hydrogens is 368 g/mol. The van der Waals surface area contributed by atoms with Crippen LogP contribution in [0.3, 0.4) is 0 Å². The molecule has 0 aromatic heterocycles. The van der Waals surface area contributed by atoms with E-state index in [1.54, 1.807) is 5.57 Å². The molecule has 0 nitrogen and oxygen atoms in total. The van der Waals surface area contributed by atoms with Crippen molar-refractivity contribution >= 4 is 15.9 Å². The van der Waals surface area contributed by atoms with Crippen molar-refractivity contribution in [3.8, 4) is 0 Å². The van der Waals surface area contributed by atoms with Crippen LogP contribution in [0.1, 0.15) is 136 Å². The molecule has 0 rings (SSSR count). The zero-order valence-corrected chi connectivity index (χ0v) is 19.2. The lowest BCUT2D eigenvalue weighted by molar-refractivity contribution is 0.589. The fourth-order valence-corrected chi connectivity index (χ4v) is 3.89. The molecule has 0 saturated heterocycles. The maximum absolute atomic E-state index is 3.54. The minimum absolute atomic E-state index is 1.17. The summed E-state index contributed by atoms with van der Waals surface area (Å²) < 4.78 is 0. The van der Waals surface area contributed by atoms with E-state index in [-0.39, 0.29) is 0 Å². The quantitative estimate of drug-likeness (QED) is 0.105. The van der Waals surface area contributed by atoms with Crippen molar-refractivity contribution in [2.45, 2.75) is 136 Å². The smallest absolute Gasteiger partial charge is 0.00313 e. The van der Waals surface area contributed by atoms with Crippen LogP contribution in [0.5, 0.6) is 0 Å². The Balaban J connectivity index is 3.90. The first-order chi connectivity index (χ1) is 12.3. The van der Waals surface area contributed by atoms with Crippen LogP contribution < -0.4 is 0 Å². The molecule has 0 saturated carbocycles. The first-order valence-electron chi connectivity index (χ1n) is 11.6. The topological polar surface area (TPSA) is 0 Å². The van der Waals surface area contributed by atoms with Crippen molar-refractivity contribution < 1.29 is 0 Å². The lowest BCUT2D eigenvalue weighted by atomic mass is 9.98. The third-order valence-electron chi connectivity index (χ3n) is 5.22. The predicted octanol–water partition coefficient (Wildman–Crippen LogP) is 9.76. The van der Waals surface area contributed by atoms with Gasteiger partial charge in [-0.2, -0.15) is 0 Å². The fourth-order valence-electron chi connectivity index (χ4n) is 3.49. The highest BCUT2D eigenvalue weighted by molar-refractivity contribution is 9.09. The number of unbranched alkanes of at least 4 members (excludes halogenated alkanes) is 14. The molecule has 0 N–H and O–H groups in total. The molecule has 0 unspecified atom stereocenters. The van der Waals surface area contributed by atoms with Crippen molar-refractivity contribution in [3.05, 3.63) is 11.6 Å². The van der Waals surface area contributed by atoms with Crippen molar-refractivity contribution in [2.24, 2.45) is 0 Å². The van der Waals surface area contributed by atoms with E-state index in [4.69, 9.17) is 0 Å². The Hall–Kier alpha value is 0.220. The molecule has 0 aromatic rings. The van der Waals surface area contributed by atoms with Gasteiger partial charge in [0.05, 0.1) is 0 Å². The van der Waals surface area contributed by atoms with Crippen LogP contribution in [0.25, 0.3) is 0 Å². The van der Waals surface area contributed by atoms with E-state index in [0.717, 1.165) is 0 Å². The lowest BCUT2D eigenvalue weighted by Gasteiger charge is -2.09. The molecular formula is C24H47Br. The zero-order chi connectivity index (χ0) is 18.4. The average Bonchev–Trinajstić information content (AvgIpc) is 2.62. The molecule has 0 aliphatic heterocycles. The van der Waals surface area contributed by atoms with E-state index in [2.05, 4.69) is 35.9 Å². The highest BCUT2D eigenvalue weighted by Gasteiger charge is 2.00. The van der Waals surface area contributed by atoms with Crippen LogP contribution in [0, 0.1) is 0 Å². The van der Waals surface area contributed by atoms with Gasteiger partial charge in [-0.25, -0.2) is 0 Å². The Morgan fingerprint density at radius 1 is 0.560 bits per heavy atom. The Morgan fingerprint density at radius 2 is 1.00 bits per heavy atom. The van der Waals surface area contributed by atoms with Gasteiger partial charge in [-0.1, -0.05) is 118 Å². The summed E-state index contributed by atoms with van der Waals surface area (Å²) in [6, 6.07) is 0. The summed E-state index contributed by atoms with van der Waals surface area (Å²) in [6.07, 6.45) is 29.3. The maximum Gasteiger partial charge on any atom is 0.00313 e. The first-order valence-corrected chi connectivity index (χ1v) is 12.7. The predicted molar refractivity (Wildman–Crippen MR) is 121 cm³/mol. The maximum atomic E-state index is 3.54. The molecule has 150 valence electrons. The number of alkyl halides is 1. The van der Waals surface area contributed by atoms with Crippen LogP contribution in [0.4, 0.5) is 0 Å². The fraction of sp³-hybridized carbons (Fsp3) is 0.917. The van der Waals surface area contributed by atoms with Crippen molar-refractivity contribution in [1.82, 2.24) is 0 Å². The summed E-state index contributed by atoms with van der Waals surface area (Å²) in [4.78, 5) is 0. The monoisotopic (exact) mass is 414 g/mol. The third kappa shape index (κ3) is 20.4. The molecule has 0 heterocycles. The van der Waals surface area contributed by atoms with Crippen LogP contribution in [-0.4, -0.2) is 5.33 Å². The van der Waals surface area contributed by atoms with Crippen LogP contribution in [0.15, 0.2) is 11.6 Å². The number of halogens is 1. The molecule has 1 heteroatoms. The number of allylic oxidation sites excluding steroid dienone is 2. The van der Waals surface area contributed by atoms with Gasteiger partial charge in [-0.3, -0.25) is 0 Å². The molecule has 0 atom stereocenters. The molecule has 0 radical (unpaired) electrons. The van der Waals surface area contributed by atoms with Gasteiger partial charge in [0, 0.05) is 5.33 Å². The van der Waals surface area contributed by atoms with E-state index in [0.29, 0.717) is 0 Å². The molecule has 0 fully saturated rings. The summed E-state index contributed by atoms with van der Waals surface area (Å²) in [6.45, 7) is 4.61. The second kappa shape index (κ2) is 22.3. The Kier molecular flexibility index (Phi) is 22.5. The zero-order valence-electron chi connectivity index (χ0n) is 17.6. The van der Waals surface area contributed by atoms with Gasteiger partial charge in [0.2, 0.25) is 0 Å². The van der Waals surface area contributed by atoms with E-state index in [1.165, 1.54) is 127 Å². The van der Waals surface area contributed by atoms with Gasteiger partial charge in [0.15, 0.2) is 0 Å². The number of hydrogen-bond donors (Lipinski definition) is 0. The van der Waals surface area contributed by atoms with Crippen molar-refractivity contribution in [2.75, 3.05) is 5.33 Å². The molecule has 0 aliphatic carbocycles. The van der Waals surface area contributed by atoms with Gasteiger partial charge in [0.25, 0.3) is 0 Å². The molecule has 25 heavy (non-hydrogen) atoms. The van der Waals surface area contributed by atoms with E-state index in [9.17, 15) is 0 Å². The van der Waals surface area contributed by atoms with Gasteiger partial charge in [-0.15, -0.1) is 0 Å². The van der Waals surface area contributed by atoms with Gasteiger partial charge in [0.1, 0.15) is 0 Å². The molecule has 0 aliphatic rings. The second-order valence-electron chi connectivity index (χ2n) is 7.79. The largest absolute Gasteiger partial charge is 0.0928 e. The summed E-state index contributed by atoms with van der Waals surface area (Å²) >= 11 is 3.54. The van der Waals surface area contributed by atoms with E-state index < -0.39 is 0 Å². The molecule has 0 bridgehead atoms. The van der Waals surface area contributed by atoms with Crippen molar-refractivity contribution in [1.29, 1.82) is 0 Å². The molecule has 0 amide bonds. The number of hydrogen-bond acceptors (Lipinski definition) is 0. The first kappa shape index (κ1) is 25.2.